The molecule has 23 heavy (non-hydrogen) atoms. The first-order chi connectivity index (χ1) is 11.0. The summed E-state index contributed by atoms with van der Waals surface area (Å²) in [5, 5.41) is 9.68. The number of rotatable bonds is 5. The molecule has 1 amide bonds. The van der Waals surface area contributed by atoms with Crippen LogP contribution in [0.1, 0.15) is 41.2 Å². The monoisotopic (exact) mass is 319 g/mol. The lowest BCUT2D eigenvalue weighted by Gasteiger charge is -2.06. The number of carbonyl (C=O) groups is 1. The minimum Gasteiger partial charge on any atom is -0.484 e. The predicted molar refractivity (Wildman–Crippen MR) is 78.9 cm³/mol. The van der Waals surface area contributed by atoms with Crippen molar-refractivity contribution in [3.63, 3.8) is 0 Å². The zero-order valence-electron chi connectivity index (χ0n) is 12.2. The molecule has 2 saturated carbocycles. The summed E-state index contributed by atoms with van der Waals surface area (Å²) in [5.74, 6) is -1.68. The number of ether oxygens (including phenoxy) is 1. The number of amides is 1. The zero-order valence-corrected chi connectivity index (χ0v) is 12.2. The van der Waals surface area contributed by atoms with Gasteiger partial charge in [0.1, 0.15) is 5.75 Å². The normalized spacial score (nSPS) is 21.7. The number of carbonyl (C=O) groups excluding carboxylic acids is 1. The molecular formula is C16H15F2N3O2. The van der Waals surface area contributed by atoms with Gasteiger partial charge in [0.15, 0.2) is 11.9 Å². The number of hydrogen-bond acceptors (Lipinski definition) is 3. The van der Waals surface area contributed by atoms with Crippen LogP contribution in [0.2, 0.25) is 0 Å². The minimum atomic E-state index is -2.73. The van der Waals surface area contributed by atoms with Crippen LogP contribution in [0, 0.1) is 0 Å². The van der Waals surface area contributed by atoms with Crippen LogP contribution in [-0.4, -0.2) is 28.1 Å². The molecule has 7 heteroatoms. The van der Waals surface area contributed by atoms with Crippen LogP contribution in [0.15, 0.2) is 30.3 Å². The second-order valence-corrected chi connectivity index (χ2v) is 6.03. The molecule has 2 aliphatic rings. The number of anilines is 1. The maximum absolute atomic E-state index is 12.8. The number of nitrogens with one attached hydrogen (secondary N) is 2. The van der Waals surface area contributed by atoms with Gasteiger partial charge in [0, 0.05) is 23.2 Å². The molecule has 0 saturated heterocycles. The first kappa shape index (κ1) is 14.2. The number of H-pyrrole nitrogens is 1. The smallest absolute Gasteiger partial charge is 0.288 e. The number of aromatic nitrogens is 2. The van der Waals surface area contributed by atoms with Crippen molar-refractivity contribution < 1.29 is 18.3 Å². The average Bonchev–Trinajstić information content (AvgIpc) is 3.41. The van der Waals surface area contributed by atoms with Gasteiger partial charge in [-0.2, -0.15) is 5.10 Å². The SMILES string of the molecule is O=C(Nc1cc(C2CC2)[nH]n1)c1ccc(OC2CC2(F)F)cc1. The van der Waals surface area contributed by atoms with Crippen molar-refractivity contribution in [2.24, 2.45) is 0 Å². The average molecular weight is 319 g/mol. The Kier molecular flexibility index (Phi) is 3.11. The Morgan fingerprint density at radius 2 is 2.00 bits per heavy atom. The third-order valence-electron chi connectivity index (χ3n) is 4.02. The van der Waals surface area contributed by atoms with E-state index in [1.165, 1.54) is 12.1 Å². The third-order valence-corrected chi connectivity index (χ3v) is 4.02. The number of hydrogen-bond donors (Lipinski definition) is 2. The van der Waals surface area contributed by atoms with Crippen LogP contribution in [0.3, 0.4) is 0 Å². The van der Waals surface area contributed by atoms with Gasteiger partial charge in [0.25, 0.3) is 11.8 Å². The van der Waals surface area contributed by atoms with Crippen LogP contribution in [0.25, 0.3) is 0 Å². The fourth-order valence-corrected chi connectivity index (χ4v) is 2.36. The zero-order chi connectivity index (χ0) is 16.0. The molecular weight excluding hydrogens is 304 g/mol. The van der Waals surface area contributed by atoms with E-state index in [2.05, 4.69) is 15.5 Å². The molecule has 1 atom stereocenters. The number of alkyl halides is 2. The summed E-state index contributed by atoms with van der Waals surface area (Å²) >= 11 is 0. The van der Waals surface area contributed by atoms with Crippen molar-refractivity contribution in [1.82, 2.24) is 10.2 Å². The number of nitrogens with zero attached hydrogens (tertiary/aromatic N) is 1. The van der Waals surface area contributed by atoms with Gasteiger partial charge in [0.05, 0.1) is 6.42 Å². The highest BCUT2D eigenvalue weighted by Crippen LogP contribution is 2.44. The maximum atomic E-state index is 12.8. The van der Waals surface area contributed by atoms with Gasteiger partial charge >= 0.3 is 0 Å². The summed E-state index contributed by atoms with van der Waals surface area (Å²) in [6.45, 7) is 0. The molecule has 0 bridgehead atoms. The summed E-state index contributed by atoms with van der Waals surface area (Å²) < 4.78 is 30.7. The fraction of sp³-hybridized carbons (Fsp3) is 0.375. The fourth-order valence-electron chi connectivity index (χ4n) is 2.36. The van der Waals surface area contributed by atoms with Crippen molar-refractivity contribution in [3.8, 4) is 5.75 Å². The molecule has 0 spiro atoms. The van der Waals surface area contributed by atoms with Crippen molar-refractivity contribution >= 4 is 11.7 Å². The molecule has 120 valence electrons. The highest BCUT2D eigenvalue weighted by atomic mass is 19.3. The van der Waals surface area contributed by atoms with Crippen LogP contribution in [-0.2, 0) is 0 Å². The second kappa shape index (κ2) is 5.04. The first-order valence-corrected chi connectivity index (χ1v) is 7.52. The summed E-state index contributed by atoms with van der Waals surface area (Å²) in [6, 6.07) is 7.95. The molecule has 1 heterocycles. The Morgan fingerprint density at radius 1 is 1.30 bits per heavy atom. The van der Waals surface area contributed by atoms with Crippen molar-refractivity contribution in [2.75, 3.05) is 5.32 Å². The molecule has 5 nitrogen and oxygen atoms in total. The third kappa shape index (κ3) is 3.04. The van der Waals surface area contributed by atoms with E-state index in [0.29, 0.717) is 23.0 Å². The van der Waals surface area contributed by atoms with E-state index >= 15 is 0 Å². The highest BCUT2D eigenvalue weighted by molar-refractivity contribution is 6.03. The lowest BCUT2D eigenvalue weighted by atomic mass is 10.2. The predicted octanol–water partition coefficient (Wildman–Crippen LogP) is 3.33. The molecule has 1 aromatic carbocycles. The summed E-state index contributed by atoms with van der Waals surface area (Å²) in [6.07, 6.45) is 0.999. The van der Waals surface area contributed by atoms with Gasteiger partial charge in [-0.15, -0.1) is 0 Å². The lowest BCUT2D eigenvalue weighted by Crippen LogP contribution is -2.12. The molecule has 0 aliphatic heterocycles. The molecule has 2 aromatic rings. The summed E-state index contributed by atoms with van der Waals surface area (Å²) in [7, 11) is 0. The Morgan fingerprint density at radius 3 is 2.61 bits per heavy atom. The van der Waals surface area contributed by atoms with E-state index in [1.807, 2.05) is 6.07 Å². The van der Waals surface area contributed by atoms with Gasteiger partial charge < -0.3 is 10.1 Å². The van der Waals surface area contributed by atoms with Crippen molar-refractivity contribution in [1.29, 1.82) is 0 Å². The van der Waals surface area contributed by atoms with E-state index in [0.717, 1.165) is 18.5 Å². The standard InChI is InChI=1S/C16H15F2N3O2/c17-16(18)8-13(16)23-11-5-3-10(4-6-11)15(22)19-14-7-12(20-21-14)9-1-2-9/h3-7,9,13H,1-2,8H2,(H2,19,20,21,22). The van der Waals surface area contributed by atoms with Crippen molar-refractivity contribution in [2.45, 2.75) is 37.2 Å². The first-order valence-electron chi connectivity index (χ1n) is 7.52. The van der Waals surface area contributed by atoms with E-state index in [4.69, 9.17) is 4.74 Å². The van der Waals surface area contributed by atoms with Crippen LogP contribution < -0.4 is 10.1 Å². The molecule has 2 fully saturated rings. The van der Waals surface area contributed by atoms with Gasteiger partial charge in [0.2, 0.25) is 0 Å². The largest absolute Gasteiger partial charge is 0.484 e. The van der Waals surface area contributed by atoms with Gasteiger partial charge in [-0.05, 0) is 37.1 Å². The number of aromatic amines is 1. The number of halogens is 2. The Labute approximate surface area is 131 Å². The van der Waals surface area contributed by atoms with Gasteiger partial charge in [-0.25, -0.2) is 8.78 Å². The molecule has 4 rings (SSSR count). The van der Waals surface area contributed by atoms with E-state index in [1.54, 1.807) is 12.1 Å². The Balaban J connectivity index is 1.37. The van der Waals surface area contributed by atoms with Gasteiger partial charge in [-0.1, -0.05) is 0 Å². The Bertz CT molecular complexity index is 738. The quantitative estimate of drug-likeness (QED) is 0.888. The summed E-state index contributed by atoms with van der Waals surface area (Å²) in [5.41, 5.74) is 1.45. The highest BCUT2D eigenvalue weighted by Gasteiger charge is 2.59. The summed E-state index contributed by atoms with van der Waals surface area (Å²) in [4.78, 5) is 12.1. The lowest BCUT2D eigenvalue weighted by molar-refractivity contribution is 0.0665. The number of benzene rings is 1. The molecule has 1 unspecified atom stereocenters. The Hall–Kier alpha value is -2.44. The van der Waals surface area contributed by atoms with Crippen LogP contribution in [0.5, 0.6) is 5.75 Å². The van der Waals surface area contributed by atoms with E-state index < -0.39 is 12.0 Å². The minimum absolute atomic E-state index is 0.252. The van der Waals surface area contributed by atoms with Crippen LogP contribution in [0.4, 0.5) is 14.6 Å². The van der Waals surface area contributed by atoms with E-state index in [9.17, 15) is 13.6 Å². The topological polar surface area (TPSA) is 67.0 Å². The molecule has 1 aromatic heterocycles. The van der Waals surface area contributed by atoms with E-state index in [-0.39, 0.29) is 12.3 Å². The molecule has 2 N–H and O–H groups in total. The molecule has 2 aliphatic carbocycles. The van der Waals surface area contributed by atoms with Crippen molar-refractivity contribution in [3.05, 3.63) is 41.6 Å². The van der Waals surface area contributed by atoms with Gasteiger partial charge in [-0.3, -0.25) is 9.89 Å². The van der Waals surface area contributed by atoms with Crippen LogP contribution >= 0.6 is 0 Å². The maximum Gasteiger partial charge on any atom is 0.288 e. The second-order valence-electron chi connectivity index (χ2n) is 6.03. The molecule has 0 radical (unpaired) electrons.